The molecule has 0 saturated carbocycles. The normalized spacial score (nSPS) is 16.1. The number of benzene rings is 2. The van der Waals surface area contributed by atoms with Gasteiger partial charge in [0, 0.05) is 19.8 Å². The first-order valence-electron chi connectivity index (χ1n) is 10.7. The van der Waals surface area contributed by atoms with Crippen molar-refractivity contribution in [3.05, 3.63) is 54.1 Å². The standard InChI is InChI=1S/C22H28N2O8S2/c1-17-3-7-20(8-4-17)34(29,30)23-13-2-14-32-18-5-9-19(10-6-18)33(27,28)22(21(25)24-26)11-15-31-16-12-22/h3-10,23,26H,2,11-16H2,1H3,(H,24,25). The van der Waals surface area contributed by atoms with Gasteiger partial charge in [0.1, 0.15) is 5.75 Å². The molecular formula is C22H28N2O8S2. The third-order valence-electron chi connectivity index (χ3n) is 5.68. The minimum atomic E-state index is -4.11. The van der Waals surface area contributed by atoms with Gasteiger partial charge in [0.25, 0.3) is 5.91 Å². The topological polar surface area (TPSA) is 148 Å². The number of hydrogen-bond donors (Lipinski definition) is 3. The predicted molar refractivity (Wildman–Crippen MR) is 123 cm³/mol. The lowest BCUT2D eigenvalue weighted by molar-refractivity contribution is -0.134. The maximum atomic E-state index is 13.2. The van der Waals surface area contributed by atoms with Gasteiger partial charge in [-0.05, 0) is 62.6 Å². The third kappa shape index (κ3) is 5.58. The Morgan fingerprint density at radius 2 is 1.59 bits per heavy atom. The molecule has 0 aliphatic carbocycles. The molecule has 0 atom stereocenters. The summed E-state index contributed by atoms with van der Waals surface area (Å²) < 4.78 is 62.5. The zero-order valence-corrected chi connectivity index (χ0v) is 20.3. The number of nitrogens with one attached hydrogen (secondary N) is 2. The van der Waals surface area contributed by atoms with Crippen molar-refractivity contribution in [1.29, 1.82) is 0 Å². The van der Waals surface area contributed by atoms with E-state index in [2.05, 4.69) is 4.72 Å². The summed E-state index contributed by atoms with van der Waals surface area (Å²) in [4.78, 5) is 12.4. The fourth-order valence-electron chi connectivity index (χ4n) is 3.63. The second kappa shape index (κ2) is 10.8. The average Bonchev–Trinajstić information content (AvgIpc) is 2.84. The summed E-state index contributed by atoms with van der Waals surface area (Å²) in [5.41, 5.74) is 2.44. The summed E-state index contributed by atoms with van der Waals surface area (Å²) in [6.07, 6.45) is 0.252. The number of aryl methyl sites for hydroxylation is 1. The van der Waals surface area contributed by atoms with Crippen molar-refractivity contribution >= 4 is 25.8 Å². The molecule has 1 aliphatic rings. The van der Waals surface area contributed by atoms with Crippen LogP contribution in [0, 0.1) is 6.92 Å². The molecule has 3 rings (SSSR count). The molecule has 1 saturated heterocycles. The van der Waals surface area contributed by atoms with Crippen molar-refractivity contribution in [2.24, 2.45) is 0 Å². The van der Waals surface area contributed by atoms with E-state index < -0.39 is 30.5 Å². The molecule has 3 N–H and O–H groups in total. The molecule has 2 aromatic rings. The van der Waals surface area contributed by atoms with Crippen LogP contribution in [0.4, 0.5) is 0 Å². The smallest absolute Gasteiger partial charge is 0.265 e. The Bertz CT molecular complexity index is 1190. The van der Waals surface area contributed by atoms with Gasteiger partial charge in [-0.15, -0.1) is 0 Å². The van der Waals surface area contributed by atoms with E-state index in [4.69, 9.17) is 14.7 Å². The van der Waals surface area contributed by atoms with Gasteiger partial charge in [-0.2, -0.15) is 0 Å². The van der Waals surface area contributed by atoms with Crippen LogP contribution in [0.1, 0.15) is 24.8 Å². The van der Waals surface area contributed by atoms with Crippen LogP contribution in [0.3, 0.4) is 0 Å². The first-order chi connectivity index (χ1) is 16.1. The Morgan fingerprint density at radius 1 is 1.00 bits per heavy atom. The van der Waals surface area contributed by atoms with Crippen LogP contribution in [-0.4, -0.2) is 59.1 Å². The van der Waals surface area contributed by atoms with Gasteiger partial charge in [0.2, 0.25) is 10.0 Å². The van der Waals surface area contributed by atoms with E-state index in [-0.39, 0.29) is 49.0 Å². The van der Waals surface area contributed by atoms with Gasteiger partial charge in [0.05, 0.1) is 16.4 Å². The van der Waals surface area contributed by atoms with Crippen LogP contribution in [0.2, 0.25) is 0 Å². The summed E-state index contributed by atoms with van der Waals surface area (Å²) in [7, 11) is -7.71. The van der Waals surface area contributed by atoms with E-state index in [0.717, 1.165) is 5.56 Å². The van der Waals surface area contributed by atoms with Crippen molar-refractivity contribution in [2.45, 2.75) is 40.7 Å². The number of sulfone groups is 1. The first kappa shape index (κ1) is 26.1. The molecular weight excluding hydrogens is 484 g/mol. The number of ether oxygens (including phenoxy) is 2. The molecule has 34 heavy (non-hydrogen) atoms. The van der Waals surface area contributed by atoms with Crippen molar-refractivity contribution in [3.63, 3.8) is 0 Å². The number of amides is 1. The number of hydroxylamine groups is 1. The largest absolute Gasteiger partial charge is 0.494 e. The zero-order chi connectivity index (χ0) is 24.8. The molecule has 10 nitrogen and oxygen atoms in total. The average molecular weight is 513 g/mol. The Labute approximate surface area is 199 Å². The van der Waals surface area contributed by atoms with Gasteiger partial charge in [-0.25, -0.2) is 27.0 Å². The SMILES string of the molecule is Cc1ccc(S(=O)(=O)NCCCOc2ccc(S(=O)(=O)C3(C(=O)NO)CCOCC3)cc2)cc1. The molecule has 1 heterocycles. The number of rotatable bonds is 10. The van der Waals surface area contributed by atoms with Crippen molar-refractivity contribution in [1.82, 2.24) is 10.2 Å². The number of hydrogen-bond acceptors (Lipinski definition) is 8. The Morgan fingerprint density at radius 3 is 2.18 bits per heavy atom. The van der Waals surface area contributed by atoms with Crippen LogP contribution in [-0.2, 0) is 29.4 Å². The molecule has 0 aromatic heterocycles. The van der Waals surface area contributed by atoms with Crippen LogP contribution in [0.25, 0.3) is 0 Å². The minimum absolute atomic E-state index is 0.0710. The van der Waals surface area contributed by atoms with Crippen LogP contribution >= 0.6 is 0 Å². The van der Waals surface area contributed by atoms with Gasteiger partial charge in [-0.1, -0.05) is 17.7 Å². The molecule has 12 heteroatoms. The third-order valence-corrected chi connectivity index (χ3v) is 9.67. The summed E-state index contributed by atoms with van der Waals surface area (Å²) in [6.45, 7) is 2.42. The molecule has 1 aliphatic heterocycles. The molecule has 2 aromatic carbocycles. The monoisotopic (exact) mass is 512 g/mol. The summed E-state index contributed by atoms with van der Waals surface area (Å²) >= 11 is 0. The highest BCUT2D eigenvalue weighted by Crippen LogP contribution is 2.35. The van der Waals surface area contributed by atoms with E-state index in [0.29, 0.717) is 12.2 Å². The number of sulfonamides is 1. The Balaban J connectivity index is 1.56. The summed E-state index contributed by atoms with van der Waals surface area (Å²) in [5.74, 6) is -0.586. The van der Waals surface area contributed by atoms with Gasteiger partial charge < -0.3 is 9.47 Å². The van der Waals surface area contributed by atoms with Crippen LogP contribution in [0.5, 0.6) is 5.75 Å². The fourth-order valence-corrected chi connectivity index (χ4v) is 6.64. The first-order valence-corrected chi connectivity index (χ1v) is 13.7. The maximum absolute atomic E-state index is 13.2. The predicted octanol–water partition coefficient (Wildman–Crippen LogP) is 1.57. The van der Waals surface area contributed by atoms with Crippen LogP contribution in [0.15, 0.2) is 58.3 Å². The second-order valence-electron chi connectivity index (χ2n) is 7.94. The van der Waals surface area contributed by atoms with E-state index in [1.54, 1.807) is 24.3 Å². The highest BCUT2D eigenvalue weighted by molar-refractivity contribution is 7.93. The molecule has 0 radical (unpaired) electrons. The van der Waals surface area contributed by atoms with E-state index in [9.17, 15) is 21.6 Å². The minimum Gasteiger partial charge on any atom is -0.494 e. The lowest BCUT2D eigenvalue weighted by Crippen LogP contribution is -2.54. The number of carbonyl (C=O) groups is 1. The fraction of sp³-hybridized carbons (Fsp3) is 0.409. The quantitative estimate of drug-likeness (QED) is 0.247. The Kier molecular flexibility index (Phi) is 8.31. The molecule has 0 bridgehead atoms. The molecule has 0 spiro atoms. The molecule has 186 valence electrons. The van der Waals surface area contributed by atoms with Crippen LogP contribution < -0.4 is 14.9 Å². The van der Waals surface area contributed by atoms with Gasteiger partial charge >= 0.3 is 0 Å². The molecule has 1 fully saturated rings. The van der Waals surface area contributed by atoms with Crippen molar-refractivity contribution in [3.8, 4) is 5.75 Å². The van der Waals surface area contributed by atoms with Gasteiger partial charge in [-0.3, -0.25) is 10.0 Å². The second-order valence-corrected chi connectivity index (χ2v) is 12.0. The van der Waals surface area contributed by atoms with E-state index in [1.807, 2.05) is 6.92 Å². The lowest BCUT2D eigenvalue weighted by Gasteiger charge is -2.34. The molecule has 1 amide bonds. The van der Waals surface area contributed by atoms with E-state index >= 15 is 0 Å². The van der Waals surface area contributed by atoms with E-state index in [1.165, 1.54) is 29.7 Å². The van der Waals surface area contributed by atoms with Crippen molar-refractivity contribution in [2.75, 3.05) is 26.4 Å². The number of carbonyl (C=O) groups excluding carboxylic acids is 1. The van der Waals surface area contributed by atoms with Gasteiger partial charge in [0.15, 0.2) is 14.6 Å². The Hall–Kier alpha value is -2.51. The maximum Gasteiger partial charge on any atom is 0.265 e. The summed E-state index contributed by atoms with van der Waals surface area (Å²) in [5, 5.41) is 9.11. The highest BCUT2D eigenvalue weighted by atomic mass is 32.2. The molecule has 0 unspecified atom stereocenters. The zero-order valence-electron chi connectivity index (χ0n) is 18.7. The van der Waals surface area contributed by atoms with Crippen molar-refractivity contribution < 1.29 is 36.3 Å². The highest BCUT2D eigenvalue weighted by Gasteiger charge is 2.52. The summed E-state index contributed by atoms with van der Waals surface area (Å²) in [6, 6.07) is 12.1. The lowest BCUT2D eigenvalue weighted by atomic mass is 9.98.